The molecule has 0 aliphatic carbocycles. The summed E-state index contributed by atoms with van der Waals surface area (Å²) < 4.78 is 27.8. The Kier molecular flexibility index (Phi) is 5.40. The maximum atomic E-state index is 13.1. The van der Waals surface area contributed by atoms with Crippen molar-refractivity contribution >= 4 is 27.1 Å². The van der Waals surface area contributed by atoms with Gasteiger partial charge in [0.2, 0.25) is 9.84 Å². The van der Waals surface area contributed by atoms with E-state index in [-0.39, 0.29) is 27.1 Å². The number of sulfone groups is 1. The number of nitrogens with one attached hydrogen (secondary N) is 1. The van der Waals surface area contributed by atoms with Crippen molar-refractivity contribution in [1.82, 2.24) is 20.1 Å². The zero-order valence-corrected chi connectivity index (χ0v) is 16.5. The summed E-state index contributed by atoms with van der Waals surface area (Å²) in [6.07, 6.45) is 4.67. The highest BCUT2D eigenvalue weighted by molar-refractivity contribution is 7.93. The predicted molar refractivity (Wildman–Crippen MR) is 102 cm³/mol. The molecule has 0 saturated carbocycles. The molecule has 0 aliphatic heterocycles. The van der Waals surface area contributed by atoms with Crippen molar-refractivity contribution in [2.45, 2.75) is 22.6 Å². The zero-order chi connectivity index (χ0) is 19.6. The van der Waals surface area contributed by atoms with Crippen LogP contribution in [0.2, 0.25) is 0 Å². The molecule has 2 aromatic heterocycles. The number of aromatic nitrogens is 3. The van der Waals surface area contributed by atoms with Crippen LogP contribution in [-0.2, 0) is 23.4 Å². The lowest BCUT2D eigenvalue weighted by Crippen LogP contribution is -2.23. The molecule has 0 unspecified atom stereocenters. The molecular formula is C17H19N5O3S2. The Hall–Kier alpha value is -2.56. The lowest BCUT2D eigenvalue weighted by atomic mass is 10.1. The minimum atomic E-state index is -3.83. The Balaban J connectivity index is 2.16. The highest BCUT2D eigenvalue weighted by Crippen LogP contribution is 2.30. The molecule has 3 N–H and O–H groups in total. The van der Waals surface area contributed by atoms with Crippen molar-refractivity contribution in [1.29, 1.82) is 0 Å². The minimum absolute atomic E-state index is 0.0253. The van der Waals surface area contributed by atoms with Gasteiger partial charge in [-0.1, -0.05) is 0 Å². The third-order valence-corrected chi connectivity index (χ3v) is 7.04. The molecule has 0 bridgehead atoms. The van der Waals surface area contributed by atoms with Gasteiger partial charge in [0.05, 0.1) is 17.3 Å². The Morgan fingerprint density at radius 3 is 2.63 bits per heavy atom. The van der Waals surface area contributed by atoms with E-state index >= 15 is 0 Å². The van der Waals surface area contributed by atoms with E-state index in [0.717, 1.165) is 11.3 Å². The van der Waals surface area contributed by atoms with Crippen molar-refractivity contribution in [3.63, 3.8) is 0 Å². The molecule has 0 saturated heterocycles. The molecule has 0 spiro atoms. The van der Waals surface area contributed by atoms with Gasteiger partial charge in [-0.2, -0.15) is 5.10 Å². The maximum Gasteiger partial charge on any atom is 0.251 e. The van der Waals surface area contributed by atoms with Crippen molar-refractivity contribution in [2.24, 2.45) is 12.8 Å². The number of hydrogen-bond donors (Lipinski definition) is 2. The second-order valence-corrected chi connectivity index (χ2v) is 9.08. The summed E-state index contributed by atoms with van der Waals surface area (Å²) in [5.41, 5.74) is 7.11. The van der Waals surface area contributed by atoms with E-state index in [4.69, 9.17) is 5.73 Å². The molecule has 0 fully saturated rings. The van der Waals surface area contributed by atoms with Crippen LogP contribution in [0.4, 0.5) is 0 Å². The number of carbonyl (C=O) groups excluding carboxylic acids is 1. The third kappa shape index (κ3) is 3.92. The molecule has 3 rings (SSSR count). The van der Waals surface area contributed by atoms with Crippen molar-refractivity contribution in [3.8, 4) is 11.1 Å². The summed E-state index contributed by atoms with van der Waals surface area (Å²) in [4.78, 5) is 16.4. The monoisotopic (exact) mass is 405 g/mol. The molecule has 27 heavy (non-hydrogen) atoms. The quantitative estimate of drug-likeness (QED) is 0.642. The van der Waals surface area contributed by atoms with Crippen molar-refractivity contribution in [2.75, 3.05) is 6.54 Å². The molecule has 0 radical (unpaired) electrons. The Labute approximate surface area is 161 Å². The molecule has 10 heteroatoms. The fourth-order valence-corrected chi connectivity index (χ4v) is 5.04. The van der Waals surface area contributed by atoms with Crippen LogP contribution in [0.1, 0.15) is 22.3 Å². The first-order chi connectivity index (χ1) is 12.8. The number of thiazole rings is 1. The SMILES string of the molecule is CCNC(=O)c1cc(-c2cnn(C)c2)cc(S(=O)(=O)c2cnc(CN)s2)c1. The Bertz CT molecular complexity index is 1090. The average Bonchev–Trinajstić information content (AvgIpc) is 3.30. The fraction of sp³-hybridized carbons (Fsp3) is 0.235. The smallest absolute Gasteiger partial charge is 0.251 e. The zero-order valence-electron chi connectivity index (χ0n) is 14.8. The lowest BCUT2D eigenvalue weighted by molar-refractivity contribution is 0.0955. The maximum absolute atomic E-state index is 13.1. The van der Waals surface area contributed by atoms with Gasteiger partial charge in [-0.15, -0.1) is 11.3 Å². The summed E-state index contributed by atoms with van der Waals surface area (Å²) in [5, 5.41) is 7.34. The molecule has 1 amide bonds. The number of nitrogens with zero attached hydrogens (tertiary/aromatic N) is 3. The summed E-state index contributed by atoms with van der Waals surface area (Å²) >= 11 is 1.02. The van der Waals surface area contributed by atoms with E-state index in [9.17, 15) is 13.2 Å². The summed E-state index contributed by atoms with van der Waals surface area (Å²) in [7, 11) is -2.07. The fourth-order valence-electron chi connectivity index (χ4n) is 2.51. The Morgan fingerprint density at radius 1 is 1.26 bits per heavy atom. The predicted octanol–water partition coefficient (Wildman–Crippen LogP) is 1.58. The van der Waals surface area contributed by atoms with Crippen LogP contribution in [0.3, 0.4) is 0 Å². The van der Waals surface area contributed by atoms with Gasteiger partial charge in [-0.3, -0.25) is 9.48 Å². The number of hydrogen-bond acceptors (Lipinski definition) is 7. The first-order valence-electron chi connectivity index (χ1n) is 8.17. The van der Waals surface area contributed by atoms with Gasteiger partial charge in [-0.25, -0.2) is 13.4 Å². The van der Waals surface area contributed by atoms with Crippen LogP contribution in [0.5, 0.6) is 0 Å². The first kappa shape index (κ1) is 19.2. The van der Waals surface area contributed by atoms with E-state index in [2.05, 4.69) is 15.4 Å². The number of rotatable bonds is 6. The van der Waals surface area contributed by atoms with E-state index < -0.39 is 9.84 Å². The summed E-state index contributed by atoms with van der Waals surface area (Å²) in [6, 6.07) is 4.57. The van der Waals surface area contributed by atoms with E-state index in [1.807, 2.05) is 0 Å². The highest BCUT2D eigenvalue weighted by atomic mass is 32.2. The van der Waals surface area contributed by atoms with E-state index in [1.165, 1.54) is 18.3 Å². The number of aryl methyl sites for hydroxylation is 1. The summed E-state index contributed by atoms with van der Waals surface area (Å²) in [6.45, 7) is 2.40. The standard InChI is InChI=1S/C17H19N5O3S2/c1-3-19-17(23)12-4-11(13-8-21-22(2)10-13)5-14(6-12)27(24,25)16-9-20-15(7-18)26-16/h4-6,8-10H,3,7,18H2,1-2H3,(H,19,23). The van der Waals surface area contributed by atoms with Crippen LogP contribution in [0.15, 0.2) is 45.9 Å². The van der Waals surface area contributed by atoms with Crippen LogP contribution >= 0.6 is 11.3 Å². The molecular weight excluding hydrogens is 386 g/mol. The Morgan fingerprint density at radius 2 is 2.04 bits per heavy atom. The molecule has 8 nitrogen and oxygen atoms in total. The first-order valence-corrected chi connectivity index (χ1v) is 10.5. The largest absolute Gasteiger partial charge is 0.352 e. The van der Waals surface area contributed by atoms with Crippen molar-refractivity contribution in [3.05, 3.63) is 47.4 Å². The molecule has 3 aromatic rings. The molecule has 0 atom stereocenters. The van der Waals surface area contributed by atoms with E-state index in [1.54, 1.807) is 37.1 Å². The van der Waals surface area contributed by atoms with Gasteiger partial charge in [0.15, 0.2) is 0 Å². The van der Waals surface area contributed by atoms with Crippen LogP contribution in [0.25, 0.3) is 11.1 Å². The molecule has 1 aromatic carbocycles. The van der Waals surface area contributed by atoms with Gasteiger partial charge in [-0.05, 0) is 30.7 Å². The summed E-state index contributed by atoms with van der Waals surface area (Å²) in [5.74, 6) is -0.341. The van der Waals surface area contributed by atoms with Crippen LogP contribution in [0, 0.1) is 0 Å². The highest BCUT2D eigenvalue weighted by Gasteiger charge is 2.23. The van der Waals surface area contributed by atoms with Gasteiger partial charge in [0, 0.05) is 37.5 Å². The number of nitrogens with two attached hydrogens (primary N) is 1. The minimum Gasteiger partial charge on any atom is -0.352 e. The van der Waals surface area contributed by atoms with Gasteiger partial charge in [0.1, 0.15) is 9.22 Å². The second kappa shape index (κ2) is 7.59. The van der Waals surface area contributed by atoms with Gasteiger partial charge in [0.25, 0.3) is 5.91 Å². The topological polar surface area (TPSA) is 120 Å². The lowest BCUT2D eigenvalue weighted by Gasteiger charge is -2.09. The van der Waals surface area contributed by atoms with Gasteiger partial charge < -0.3 is 11.1 Å². The molecule has 0 aliphatic rings. The number of benzene rings is 1. The average molecular weight is 406 g/mol. The van der Waals surface area contributed by atoms with E-state index in [0.29, 0.717) is 22.7 Å². The molecule has 2 heterocycles. The van der Waals surface area contributed by atoms with Crippen molar-refractivity contribution < 1.29 is 13.2 Å². The molecule has 142 valence electrons. The number of carbonyl (C=O) groups is 1. The second-order valence-electron chi connectivity index (χ2n) is 5.79. The normalized spacial score (nSPS) is 11.5. The van der Waals surface area contributed by atoms with Gasteiger partial charge >= 0.3 is 0 Å². The third-order valence-electron chi connectivity index (χ3n) is 3.83. The van der Waals surface area contributed by atoms with Crippen LogP contribution in [-0.4, -0.2) is 35.6 Å². The number of amides is 1. The van der Waals surface area contributed by atoms with Crippen LogP contribution < -0.4 is 11.1 Å².